The van der Waals surface area contributed by atoms with Gasteiger partial charge in [-0.2, -0.15) is 0 Å². The summed E-state index contributed by atoms with van der Waals surface area (Å²) in [5, 5.41) is 11.0. The van der Waals surface area contributed by atoms with Gasteiger partial charge in [0.15, 0.2) is 0 Å². The van der Waals surface area contributed by atoms with Crippen LogP contribution in [0.2, 0.25) is 0 Å². The van der Waals surface area contributed by atoms with Gasteiger partial charge in [0.2, 0.25) is 0 Å². The molecule has 4 atom stereocenters. The van der Waals surface area contributed by atoms with Gasteiger partial charge in [0.05, 0.1) is 44.4 Å². The monoisotopic (exact) mass is 609 g/mol. The molecule has 1 N–H and O–H groups in total. The zero-order valence-corrected chi connectivity index (χ0v) is 28.0. The van der Waals surface area contributed by atoms with E-state index in [1.54, 1.807) is 0 Å². The number of nitrogens with zero attached hydrogens (tertiary/aromatic N) is 1. The van der Waals surface area contributed by atoms with Crippen LogP contribution in [-0.2, 0) is 23.8 Å². The third kappa shape index (κ3) is 16.6. The molecule has 0 aromatic heterocycles. The summed E-state index contributed by atoms with van der Waals surface area (Å²) in [5.41, 5.74) is 0. The molecule has 0 aromatic carbocycles. The summed E-state index contributed by atoms with van der Waals surface area (Å²) in [7, 11) is 0. The number of morpholine rings is 1. The molecule has 1 saturated carbocycles. The molecule has 1 aliphatic heterocycles. The molecular weight excluding hydrogens is 542 g/mol. The first-order valence-corrected chi connectivity index (χ1v) is 18.4. The molecule has 0 bridgehead atoms. The van der Waals surface area contributed by atoms with Crippen molar-refractivity contribution in [3.05, 3.63) is 0 Å². The Balaban J connectivity index is 1.73. The van der Waals surface area contributed by atoms with Crippen LogP contribution in [0.15, 0.2) is 0 Å². The highest BCUT2D eigenvalue weighted by Crippen LogP contribution is 2.35. The number of hydrogen-bond donors (Lipinski definition) is 1. The van der Waals surface area contributed by atoms with Crippen LogP contribution in [0.4, 0.5) is 0 Å². The summed E-state index contributed by atoms with van der Waals surface area (Å²) in [6.07, 6.45) is 24.5. The summed E-state index contributed by atoms with van der Waals surface area (Å²) >= 11 is 0. The van der Waals surface area contributed by atoms with Crippen molar-refractivity contribution in [3.63, 3.8) is 0 Å². The van der Waals surface area contributed by atoms with E-state index in [1.807, 2.05) is 0 Å². The first-order chi connectivity index (χ1) is 21.1. The third-order valence-electron chi connectivity index (χ3n) is 9.53. The molecule has 1 heterocycles. The molecule has 2 fully saturated rings. The lowest BCUT2D eigenvalue weighted by molar-refractivity contribution is -0.168. The van der Waals surface area contributed by atoms with E-state index in [0.29, 0.717) is 32.8 Å². The molecule has 2 rings (SSSR count). The first kappa shape index (κ1) is 38.0. The molecule has 1 aliphatic carbocycles. The highest BCUT2D eigenvalue weighted by molar-refractivity contribution is 5.82. The Bertz CT molecular complexity index is 697. The summed E-state index contributed by atoms with van der Waals surface area (Å²) in [4.78, 5) is 28.7. The minimum atomic E-state index is -0.668. The number of aliphatic hydroxyl groups excluding tert-OH is 1. The van der Waals surface area contributed by atoms with Crippen LogP contribution in [0, 0.1) is 11.8 Å². The highest BCUT2D eigenvalue weighted by atomic mass is 16.5. The van der Waals surface area contributed by atoms with Crippen LogP contribution < -0.4 is 0 Å². The van der Waals surface area contributed by atoms with Gasteiger partial charge in [-0.05, 0) is 25.7 Å². The standard InChI is InChI=1S/C36H67NO6/c1-3-5-7-9-11-13-15-17-19-21-25-42-35(39)31-29-33(37-23-27-41-28-24-37)34(38)30-32(31)36(40)43-26-22-20-18-16-14-12-10-8-6-4-2/h31-34,38H,3-30H2,1-2H3/t31-,32-,33-,34-/m1/s1. The van der Waals surface area contributed by atoms with Crippen LogP contribution in [0.5, 0.6) is 0 Å². The molecule has 0 amide bonds. The van der Waals surface area contributed by atoms with E-state index in [0.717, 1.165) is 38.8 Å². The number of unbranched alkanes of at least 4 members (excludes halogenated alkanes) is 18. The maximum atomic E-state index is 13.3. The van der Waals surface area contributed by atoms with Crippen molar-refractivity contribution in [1.29, 1.82) is 0 Å². The number of carbonyl (C=O) groups excluding carboxylic acids is 2. The lowest BCUT2D eigenvalue weighted by Crippen LogP contribution is -2.55. The number of ether oxygens (including phenoxy) is 3. The zero-order chi connectivity index (χ0) is 31.0. The van der Waals surface area contributed by atoms with Crippen molar-refractivity contribution in [2.24, 2.45) is 11.8 Å². The van der Waals surface area contributed by atoms with E-state index in [4.69, 9.17) is 14.2 Å². The lowest BCUT2D eigenvalue weighted by Gasteiger charge is -2.43. The maximum Gasteiger partial charge on any atom is 0.309 e. The maximum absolute atomic E-state index is 13.3. The minimum Gasteiger partial charge on any atom is -0.465 e. The summed E-state index contributed by atoms with van der Waals surface area (Å²) in [6, 6.07) is -0.162. The Hall–Kier alpha value is -1.18. The van der Waals surface area contributed by atoms with Crippen molar-refractivity contribution in [1.82, 2.24) is 4.90 Å². The van der Waals surface area contributed by atoms with E-state index in [9.17, 15) is 14.7 Å². The van der Waals surface area contributed by atoms with E-state index >= 15 is 0 Å². The number of rotatable bonds is 25. The van der Waals surface area contributed by atoms with E-state index < -0.39 is 17.9 Å². The van der Waals surface area contributed by atoms with Crippen molar-refractivity contribution >= 4 is 11.9 Å². The minimum absolute atomic E-state index is 0.162. The van der Waals surface area contributed by atoms with Gasteiger partial charge in [-0.25, -0.2) is 0 Å². The molecule has 7 nitrogen and oxygen atoms in total. The average molecular weight is 610 g/mol. The lowest BCUT2D eigenvalue weighted by atomic mass is 9.74. The predicted octanol–water partition coefficient (Wildman–Crippen LogP) is 8.00. The Morgan fingerprint density at radius 3 is 1.40 bits per heavy atom. The van der Waals surface area contributed by atoms with Crippen LogP contribution in [-0.4, -0.2) is 73.6 Å². The second-order valence-electron chi connectivity index (χ2n) is 13.2. The number of aliphatic hydroxyl groups is 1. The molecule has 0 spiro atoms. The Morgan fingerprint density at radius 2 is 0.977 bits per heavy atom. The largest absolute Gasteiger partial charge is 0.465 e. The van der Waals surface area contributed by atoms with Crippen LogP contribution in [0.3, 0.4) is 0 Å². The highest BCUT2D eigenvalue weighted by Gasteiger charge is 2.46. The van der Waals surface area contributed by atoms with Crippen molar-refractivity contribution in [2.45, 2.75) is 167 Å². The SMILES string of the molecule is CCCCCCCCCCCCOC(=O)[C@@H]1C[C@@H](O)[C@H](N2CCOCC2)C[C@H]1C(=O)OCCCCCCCCCCCC. The fourth-order valence-corrected chi connectivity index (χ4v) is 6.72. The van der Waals surface area contributed by atoms with Gasteiger partial charge in [0, 0.05) is 19.1 Å². The van der Waals surface area contributed by atoms with E-state index in [-0.39, 0.29) is 24.4 Å². The fourth-order valence-electron chi connectivity index (χ4n) is 6.72. The number of hydrogen-bond acceptors (Lipinski definition) is 7. The molecule has 7 heteroatoms. The van der Waals surface area contributed by atoms with Crippen molar-refractivity contribution in [2.75, 3.05) is 39.5 Å². The molecule has 0 unspecified atom stereocenters. The summed E-state index contributed by atoms with van der Waals surface area (Å²) in [6.45, 7) is 8.00. The molecular formula is C36H67NO6. The molecule has 0 aromatic rings. The quantitative estimate of drug-likeness (QED) is 0.0829. The Labute approximate surface area is 264 Å². The zero-order valence-electron chi connectivity index (χ0n) is 28.0. The van der Waals surface area contributed by atoms with Crippen molar-refractivity contribution in [3.8, 4) is 0 Å². The second-order valence-corrected chi connectivity index (χ2v) is 13.2. The number of esters is 2. The summed E-state index contributed by atoms with van der Waals surface area (Å²) in [5.74, 6) is -1.87. The molecule has 1 saturated heterocycles. The third-order valence-corrected chi connectivity index (χ3v) is 9.53. The fraction of sp³-hybridized carbons (Fsp3) is 0.944. The van der Waals surface area contributed by atoms with Gasteiger partial charge in [0.25, 0.3) is 0 Å². The smallest absolute Gasteiger partial charge is 0.309 e. The molecule has 252 valence electrons. The van der Waals surface area contributed by atoms with Gasteiger partial charge in [-0.15, -0.1) is 0 Å². The van der Waals surface area contributed by atoms with E-state index in [1.165, 1.54) is 103 Å². The molecule has 2 aliphatic rings. The van der Waals surface area contributed by atoms with E-state index in [2.05, 4.69) is 18.7 Å². The van der Waals surface area contributed by atoms with Gasteiger partial charge >= 0.3 is 11.9 Å². The Morgan fingerprint density at radius 1 is 0.605 bits per heavy atom. The molecule has 43 heavy (non-hydrogen) atoms. The van der Waals surface area contributed by atoms with Gasteiger partial charge in [0.1, 0.15) is 0 Å². The normalized spacial score (nSPS) is 22.9. The van der Waals surface area contributed by atoms with Crippen LogP contribution in [0.25, 0.3) is 0 Å². The summed E-state index contributed by atoms with van der Waals surface area (Å²) < 4.78 is 16.9. The van der Waals surface area contributed by atoms with Crippen LogP contribution >= 0.6 is 0 Å². The van der Waals surface area contributed by atoms with Crippen LogP contribution in [0.1, 0.15) is 155 Å². The van der Waals surface area contributed by atoms with Crippen molar-refractivity contribution < 1.29 is 28.9 Å². The van der Waals surface area contributed by atoms with Gasteiger partial charge in [-0.3, -0.25) is 14.5 Å². The first-order valence-electron chi connectivity index (χ1n) is 18.4. The topological polar surface area (TPSA) is 85.3 Å². The predicted molar refractivity (Wildman–Crippen MR) is 174 cm³/mol. The van der Waals surface area contributed by atoms with Gasteiger partial charge in [-0.1, -0.05) is 129 Å². The van der Waals surface area contributed by atoms with Gasteiger partial charge < -0.3 is 19.3 Å². The molecule has 0 radical (unpaired) electrons. The average Bonchev–Trinajstić information content (AvgIpc) is 3.02. The second kappa shape index (κ2) is 25.1. The number of carbonyl (C=O) groups is 2. The Kier molecular flexibility index (Phi) is 22.2.